The summed E-state index contributed by atoms with van der Waals surface area (Å²) in [6, 6.07) is 7.06. The quantitative estimate of drug-likeness (QED) is 0.523. The van der Waals surface area contributed by atoms with Gasteiger partial charge in [0.2, 0.25) is 15.9 Å². The molecule has 2 fully saturated rings. The standard InChI is InChI=1S/C19H27N3O6S3/c1-20(2)18(23)13-29-17-6-4-3-5-16(17)19(24)21-8-10-22(11-9-21)31(27,28)15-7-12-30(25,26)14-15/h3-6,15H,7-14H2,1-2H3. The number of sulfone groups is 1. The van der Waals surface area contributed by atoms with Crippen molar-refractivity contribution >= 4 is 43.4 Å². The number of piperazine rings is 1. The first-order chi connectivity index (χ1) is 14.5. The van der Waals surface area contributed by atoms with Crippen LogP contribution in [-0.4, -0.2) is 106 Å². The van der Waals surface area contributed by atoms with Crippen LogP contribution in [0, 0.1) is 0 Å². The molecule has 2 aliphatic rings. The molecule has 0 bridgehead atoms. The minimum absolute atomic E-state index is 0.0556. The molecule has 1 aromatic rings. The SMILES string of the molecule is CN(C)C(=O)CSc1ccccc1C(=O)N1CCN(S(=O)(=O)C2CCS(=O)(=O)C2)CC1. The van der Waals surface area contributed by atoms with Crippen LogP contribution in [0.4, 0.5) is 0 Å². The molecule has 3 rings (SSSR count). The van der Waals surface area contributed by atoms with Gasteiger partial charge < -0.3 is 9.80 Å². The Morgan fingerprint density at radius 1 is 1.13 bits per heavy atom. The molecule has 0 N–H and O–H groups in total. The van der Waals surface area contributed by atoms with Gasteiger partial charge in [0.25, 0.3) is 5.91 Å². The first-order valence-electron chi connectivity index (χ1n) is 9.92. The maximum atomic E-state index is 13.1. The Kier molecular flexibility index (Phi) is 7.34. The Balaban J connectivity index is 1.64. The van der Waals surface area contributed by atoms with E-state index in [1.165, 1.54) is 21.0 Å². The summed E-state index contributed by atoms with van der Waals surface area (Å²) in [6.07, 6.45) is 0.125. The lowest BCUT2D eigenvalue weighted by atomic mass is 10.2. The number of benzene rings is 1. The van der Waals surface area contributed by atoms with Crippen LogP contribution in [0.3, 0.4) is 0 Å². The fourth-order valence-electron chi connectivity index (χ4n) is 3.56. The third-order valence-electron chi connectivity index (χ3n) is 5.47. The number of amides is 2. The Morgan fingerprint density at radius 2 is 1.77 bits per heavy atom. The molecular formula is C19H27N3O6S3. The van der Waals surface area contributed by atoms with E-state index in [0.717, 1.165) is 0 Å². The van der Waals surface area contributed by atoms with Crippen molar-refractivity contribution in [2.24, 2.45) is 0 Å². The molecule has 0 aliphatic carbocycles. The van der Waals surface area contributed by atoms with E-state index in [0.29, 0.717) is 10.5 Å². The summed E-state index contributed by atoms with van der Waals surface area (Å²) in [5, 5.41) is -0.897. The van der Waals surface area contributed by atoms with Crippen LogP contribution in [0.1, 0.15) is 16.8 Å². The van der Waals surface area contributed by atoms with E-state index >= 15 is 0 Å². The molecule has 0 saturated carbocycles. The van der Waals surface area contributed by atoms with Crippen molar-refractivity contribution in [1.29, 1.82) is 0 Å². The Morgan fingerprint density at radius 3 is 2.35 bits per heavy atom. The normalized spacial score (nSPS) is 21.7. The van der Waals surface area contributed by atoms with Crippen molar-refractivity contribution < 1.29 is 26.4 Å². The molecule has 31 heavy (non-hydrogen) atoms. The van der Waals surface area contributed by atoms with Gasteiger partial charge in [-0.1, -0.05) is 12.1 Å². The molecule has 0 spiro atoms. The monoisotopic (exact) mass is 489 g/mol. The molecule has 1 unspecified atom stereocenters. The molecule has 1 atom stereocenters. The van der Waals surface area contributed by atoms with E-state index in [2.05, 4.69) is 0 Å². The predicted octanol–water partition coefficient (Wildman–Crippen LogP) is 0.142. The number of thioether (sulfide) groups is 1. The van der Waals surface area contributed by atoms with Gasteiger partial charge in [0.1, 0.15) is 0 Å². The van der Waals surface area contributed by atoms with Crippen LogP contribution >= 0.6 is 11.8 Å². The van der Waals surface area contributed by atoms with Gasteiger partial charge in [-0.05, 0) is 18.6 Å². The van der Waals surface area contributed by atoms with Gasteiger partial charge in [0.15, 0.2) is 9.84 Å². The molecule has 12 heteroatoms. The van der Waals surface area contributed by atoms with Gasteiger partial charge in [-0.15, -0.1) is 11.8 Å². The van der Waals surface area contributed by atoms with Crippen molar-refractivity contribution in [3.05, 3.63) is 29.8 Å². The van der Waals surface area contributed by atoms with Crippen molar-refractivity contribution in [3.63, 3.8) is 0 Å². The molecule has 2 heterocycles. The molecule has 9 nitrogen and oxygen atoms in total. The highest BCUT2D eigenvalue weighted by atomic mass is 32.2. The third kappa shape index (κ3) is 5.60. The van der Waals surface area contributed by atoms with E-state index < -0.39 is 25.1 Å². The number of nitrogens with zero attached hydrogens (tertiary/aromatic N) is 3. The highest BCUT2D eigenvalue weighted by Gasteiger charge is 2.41. The average molecular weight is 490 g/mol. The largest absolute Gasteiger partial charge is 0.348 e. The second-order valence-corrected chi connectivity index (χ2v) is 13.3. The van der Waals surface area contributed by atoms with Gasteiger partial charge in [-0.25, -0.2) is 16.8 Å². The molecule has 1 aromatic carbocycles. The summed E-state index contributed by atoms with van der Waals surface area (Å²) in [7, 11) is -3.66. The van der Waals surface area contributed by atoms with Crippen molar-refractivity contribution in [3.8, 4) is 0 Å². The smallest absolute Gasteiger partial charge is 0.255 e. The topological polar surface area (TPSA) is 112 Å². The van der Waals surface area contributed by atoms with Crippen LogP contribution in [0.25, 0.3) is 0 Å². The van der Waals surface area contributed by atoms with E-state index in [4.69, 9.17) is 0 Å². The van der Waals surface area contributed by atoms with E-state index in [9.17, 15) is 26.4 Å². The third-order valence-corrected chi connectivity index (χ3v) is 10.8. The number of sulfonamides is 1. The van der Waals surface area contributed by atoms with E-state index in [1.54, 1.807) is 43.3 Å². The highest BCUT2D eigenvalue weighted by Crippen LogP contribution is 2.26. The minimum atomic E-state index is -3.71. The first-order valence-corrected chi connectivity index (χ1v) is 14.2. The summed E-state index contributed by atoms with van der Waals surface area (Å²) in [6.45, 7) is 0.735. The summed E-state index contributed by atoms with van der Waals surface area (Å²) in [5.41, 5.74) is 0.484. The Labute approximate surface area is 187 Å². The Hall–Kier alpha value is -1.63. The number of hydrogen-bond donors (Lipinski definition) is 0. The van der Waals surface area contributed by atoms with Gasteiger partial charge in [0, 0.05) is 45.2 Å². The maximum Gasteiger partial charge on any atom is 0.255 e. The predicted molar refractivity (Wildman–Crippen MR) is 119 cm³/mol. The summed E-state index contributed by atoms with van der Waals surface area (Å²) in [4.78, 5) is 28.8. The van der Waals surface area contributed by atoms with Crippen molar-refractivity contribution in [1.82, 2.24) is 14.1 Å². The zero-order valence-corrected chi connectivity index (χ0v) is 20.0. The second-order valence-electron chi connectivity index (χ2n) is 7.83. The minimum Gasteiger partial charge on any atom is -0.348 e. The molecular weight excluding hydrogens is 462 g/mol. The lowest BCUT2D eigenvalue weighted by molar-refractivity contribution is -0.125. The second kappa shape index (κ2) is 9.47. The van der Waals surface area contributed by atoms with E-state index in [1.807, 2.05) is 0 Å². The average Bonchev–Trinajstić information content (AvgIpc) is 3.12. The summed E-state index contributed by atoms with van der Waals surface area (Å²) >= 11 is 1.30. The zero-order chi connectivity index (χ0) is 22.8. The fraction of sp³-hybridized carbons (Fsp3) is 0.579. The maximum absolute atomic E-state index is 13.1. The van der Waals surface area contributed by atoms with Crippen molar-refractivity contribution in [2.75, 3.05) is 57.5 Å². The molecule has 2 saturated heterocycles. The van der Waals surface area contributed by atoms with Crippen LogP contribution in [0.5, 0.6) is 0 Å². The fourth-order valence-corrected chi connectivity index (χ4v) is 9.10. The number of carbonyl (C=O) groups excluding carboxylic acids is 2. The van der Waals surface area contributed by atoms with Gasteiger partial charge in [0.05, 0.1) is 28.1 Å². The van der Waals surface area contributed by atoms with Gasteiger partial charge >= 0.3 is 0 Å². The van der Waals surface area contributed by atoms with Crippen LogP contribution in [-0.2, 0) is 24.7 Å². The molecule has 0 radical (unpaired) electrons. The van der Waals surface area contributed by atoms with Crippen LogP contribution in [0.15, 0.2) is 29.2 Å². The lowest BCUT2D eigenvalue weighted by Gasteiger charge is -2.35. The number of rotatable bonds is 6. The molecule has 2 amide bonds. The Bertz CT molecular complexity index is 1050. The lowest BCUT2D eigenvalue weighted by Crippen LogP contribution is -2.52. The highest BCUT2D eigenvalue weighted by molar-refractivity contribution is 8.00. The molecule has 0 aromatic heterocycles. The van der Waals surface area contributed by atoms with Crippen LogP contribution < -0.4 is 0 Å². The zero-order valence-electron chi connectivity index (χ0n) is 17.6. The van der Waals surface area contributed by atoms with Crippen molar-refractivity contribution in [2.45, 2.75) is 16.6 Å². The summed E-state index contributed by atoms with van der Waals surface area (Å²) < 4.78 is 50.2. The first kappa shape index (κ1) is 24.0. The number of carbonyl (C=O) groups is 2. The molecule has 172 valence electrons. The number of hydrogen-bond acceptors (Lipinski definition) is 7. The van der Waals surface area contributed by atoms with Gasteiger partial charge in [-0.2, -0.15) is 4.31 Å². The summed E-state index contributed by atoms with van der Waals surface area (Å²) in [5.74, 6) is -0.473. The van der Waals surface area contributed by atoms with Crippen LogP contribution in [0.2, 0.25) is 0 Å². The van der Waals surface area contributed by atoms with E-state index in [-0.39, 0.29) is 61.7 Å². The van der Waals surface area contributed by atoms with Gasteiger partial charge in [-0.3, -0.25) is 9.59 Å². The molecule has 2 aliphatic heterocycles.